The molecule has 0 amide bonds. The van der Waals surface area contributed by atoms with E-state index < -0.39 is 5.82 Å². The minimum Gasteiger partial charge on any atom is -0.253 e. The number of hydrogen-bond acceptors (Lipinski definition) is 4. The van der Waals surface area contributed by atoms with Gasteiger partial charge in [0.2, 0.25) is 5.13 Å². The first-order valence-corrected chi connectivity index (χ1v) is 8.70. The van der Waals surface area contributed by atoms with Gasteiger partial charge in [0.1, 0.15) is 5.82 Å². The maximum atomic E-state index is 13.6. The van der Waals surface area contributed by atoms with Gasteiger partial charge in [-0.15, -0.1) is 11.3 Å². The lowest BCUT2D eigenvalue weighted by atomic mass is 10.2. The highest BCUT2D eigenvalue weighted by molar-refractivity contribution is 7.14. The normalized spacial score (nSPS) is 11.2. The van der Waals surface area contributed by atoms with E-state index in [9.17, 15) is 4.39 Å². The van der Waals surface area contributed by atoms with Crippen molar-refractivity contribution in [3.8, 4) is 11.3 Å². The second-order valence-electron chi connectivity index (χ2n) is 4.67. The van der Waals surface area contributed by atoms with Crippen molar-refractivity contribution in [3.63, 3.8) is 0 Å². The molecule has 3 nitrogen and oxygen atoms in total. The summed E-state index contributed by atoms with van der Waals surface area (Å²) < 4.78 is 13.6. The Balaban J connectivity index is 1.76. The quantitative estimate of drug-likeness (QED) is 0.409. The number of benzene rings is 2. The largest absolute Gasteiger partial charge is 0.253 e. The molecule has 1 heterocycles. The van der Waals surface area contributed by atoms with Crippen molar-refractivity contribution in [1.29, 1.82) is 0 Å². The van der Waals surface area contributed by atoms with Crippen LogP contribution in [0.25, 0.3) is 11.3 Å². The molecule has 1 aromatic heterocycles. The summed E-state index contributed by atoms with van der Waals surface area (Å²) in [5.74, 6) is -0.444. The SMILES string of the molecule is Fc1cccc(Cl)c1/C=N/Nc1nc(-c2ccc(Cl)cc2Cl)cs1. The second-order valence-corrected chi connectivity index (χ2v) is 6.78. The fraction of sp³-hybridized carbons (Fsp3) is 0. The van der Waals surface area contributed by atoms with Crippen molar-refractivity contribution in [2.24, 2.45) is 5.10 Å². The maximum Gasteiger partial charge on any atom is 0.203 e. The van der Waals surface area contributed by atoms with E-state index in [4.69, 9.17) is 34.8 Å². The molecule has 0 fully saturated rings. The minimum absolute atomic E-state index is 0.212. The summed E-state index contributed by atoms with van der Waals surface area (Å²) in [7, 11) is 0. The van der Waals surface area contributed by atoms with E-state index in [1.807, 2.05) is 5.38 Å². The number of nitrogens with zero attached hydrogens (tertiary/aromatic N) is 2. The minimum atomic E-state index is -0.444. The molecule has 0 unspecified atom stereocenters. The molecule has 3 rings (SSSR count). The van der Waals surface area contributed by atoms with Crippen LogP contribution in [0.5, 0.6) is 0 Å². The molecule has 3 aromatic rings. The van der Waals surface area contributed by atoms with Gasteiger partial charge in [0, 0.05) is 21.5 Å². The lowest BCUT2D eigenvalue weighted by Crippen LogP contribution is -1.94. The molecule has 0 aliphatic rings. The number of thiazole rings is 1. The summed E-state index contributed by atoms with van der Waals surface area (Å²) >= 11 is 19.3. The second kappa shape index (κ2) is 7.49. The third kappa shape index (κ3) is 3.87. The summed E-state index contributed by atoms with van der Waals surface area (Å²) in [5.41, 5.74) is 4.43. The maximum absolute atomic E-state index is 13.6. The van der Waals surface area contributed by atoms with Crippen LogP contribution in [-0.4, -0.2) is 11.2 Å². The van der Waals surface area contributed by atoms with Gasteiger partial charge in [-0.05, 0) is 30.3 Å². The molecule has 8 heteroatoms. The predicted octanol–water partition coefficient (Wildman–Crippen LogP) is 6.36. The van der Waals surface area contributed by atoms with Crippen LogP contribution in [0.2, 0.25) is 15.1 Å². The number of nitrogens with one attached hydrogen (secondary N) is 1. The van der Waals surface area contributed by atoms with Crippen molar-refractivity contribution in [1.82, 2.24) is 4.98 Å². The monoisotopic (exact) mass is 399 g/mol. The first-order chi connectivity index (χ1) is 11.5. The lowest BCUT2D eigenvalue weighted by molar-refractivity contribution is 0.626. The average molecular weight is 401 g/mol. The summed E-state index contributed by atoms with van der Waals surface area (Å²) in [4.78, 5) is 4.39. The average Bonchev–Trinajstić information content (AvgIpc) is 2.99. The van der Waals surface area contributed by atoms with Crippen molar-refractivity contribution in [2.45, 2.75) is 0 Å². The van der Waals surface area contributed by atoms with Gasteiger partial charge in [-0.1, -0.05) is 40.9 Å². The Morgan fingerprint density at radius 3 is 2.71 bits per heavy atom. The molecule has 122 valence electrons. The molecule has 0 saturated carbocycles. The molecule has 0 bridgehead atoms. The molecule has 0 saturated heterocycles. The zero-order valence-electron chi connectivity index (χ0n) is 11.9. The van der Waals surface area contributed by atoms with E-state index in [-0.39, 0.29) is 10.6 Å². The van der Waals surface area contributed by atoms with Crippen LogP contribution in [0.15, 0.2) is 46.9 Å². The Morgan fingerprint density at radius 1 is 1.12 bits per heavy atom. The van der Waals surface area contributed by atoms with Crippen LogP contribution in [0, 0.1) is 5.82 Å². The molecule has 0 radical (unpaired) electrons. The third-order valence-electron chi connectivity index (χ3n) is 3.06. The third-order valence-corrected chi connectivity index (χ3v) is 4.69. The topological polar surface area (TPSA) is 37.3 Å². The molecule has 0 atom stereocenters. The standard InChI is InChI=1S/C16H9Cl3FN3S/c17-9-4-5-10(13(19)6-9)15-8-24-16(22-15)23-21-7-11-12(18)2-1-3-14(11)20/h1-8H,(H,22,23)/b21-7+. The Labute approximate surface area is 156 Å². The summed E-state index contributed by atoms with van der Waals surface area (Å²) in [6.45, 7) is 0. The zero-order valence-corrected chi connectivity index (χ0v) is 15.0. The first kappa shape index (κ1) is 17.2. The number of aromatic nitrogens is 1. The smallest absolute Gasteiger partial charge is 0.203 e. The zero-order chi connectivity index (χ0) is 17.1. The number of hydrogen-bond donors (Lipinski definition) is 1. The molecule has 24 heavy (non-hydrogen) atoms. The summed E-state index contributed by atoms with van der Waals surface area (Å²) in [5, 5.41) is 7.71. The number of anilines is 1. The van der Waals surface area contributed by atoms with E-state index in [1.165, 1.54) is 29.7 Å². The van der Waals surface area contributed by atoms with Crippen molar-refractivity contribution in [2.75, 3.05) is 5.43 Å². The van der Waals surface area contributed by atoms with E-state index >= 15 is 0 Å². The van der Waals surface area contributed by atoms with E-state index in [1.54, 1.807) is 24.3 Å². The van der Waals surface area contributed by atoms with Crippen LogP contribution in [-0.2, 0) is 0 Å². The first-order valence-electron chi connectivity index (χ1n) is 6.68. The lowest BCUT2D eigenvalue weighted by Gasteiger charge is -2.01. The Morgan fingerprint density at radius 2 is 1.96 bits per heavy atom. The molecule has 0 aliphatic carbocycles. The van der Waals surface area contributed by atoms with Crippen LogP contribution in [0.1, 0.15) is 5.56 Å². The van der Waals surface area contributed by atoms with Crippen LogP contribution in [0.4, 0.5) is 9.52 Å². The Kier molecular flexibility index (Phi) is 5.36. The van der Waals surface area contributed by atoms with Gasteiger partial charge in [0.25, 0.3) is 0 Å². The molecule has 1 N–H and O–H groups in total. The van der Waals surface area contributed by atoms with Crippen molar-refractivity contribution < 1.29 is 4.39 Å². The fourth-order valence-electron chi connectivity index (χ4n) is 1.93. The van der Waals surface area contributed by atoms with Crippen LogP contribution in [0.3, 0.4) is 0 Å². The molecular formula is C16H9Cl3FN3S. The predicted molar refractivity (Wildman–Crippen MR) is 100 cm³/mol. The number of rotatable bonds is 4. The van der Waals surface area contributed by atoms with Gasteiger partial charge in [0.15, 0.2) is 0 Å². The van der Waals surface area contributed by atoms with Crippen molar-refractivity contribution in [3.05, 3.63) is 68.2 Å². The van der Waals surface area contributed by atoms with Gasteiger partial charge in [-0.25, -0.2) is 9.37 Å². The van der Waals surface area contributed by atoms with Crippen LogP contribution >= 0.6 is 46.1 Å². The molecule has 2 aromatic carbocycles. The van der Waals surface area contributed by atoms with Gasteiger partial charge < -0.3 is 0 Å². The molecule has 0 aliphatic heterocycles. The highest BCUT2D eigenvalue weighted by atomic mass is 35.5. The van der Waals surface area contributed by atoms with E-state index in [2.05, 4.69) is 15.5 Å². The number of hydrazone groups is 1. The number of halogens is 4. The summed E-state index contributed by atoms with van der Waals surface area (Å²) in [6, 6.07) is 9.64. The Bertz CT molecular complexity index is 891. The highest BCUT2D eigenvalue weighted by Crippen LogP contribution is 2.32. The summed E-state index contributed by atoms with van der Waals surface area (Å²) in [6.07, 6.45) is 1.31. The van der Waals surface area contributed by atoms with Gasteiger partial charge in [-0.2, -0.15) is 5.10 Å². The highest BCUT2D eigenvalue weighted by Gasteiger charge is 2.09. The van der Waals surface area contributed by atoms with Crippen LogP contribution < -0.4 is 5.43 Å². The van der Waals surface area contributed by atoms with Gasteiger partial charge in [0.05, 0.1) is 22.0 Å². The molecular weight excluding hydrogens is 392 g/mol. The Hall–Kier alpha value is -1.66. The van der Waals surface area contributed by atoms with E-state index in [0.717, 1.165) is 5.56 Å². The van der Waals surface area contributed by atoms with Gasteiger partial charge >= 0.3 is 0 Å². The molecule has 0 spiro atoms. The fourth-order valence-corrected chi connectivity index (χ4v) is 3.31. The van der Waals surface area contributed by atoms with E-state index in [0.29, 0.717) is 20.9 Å². The van der Waals surface area contributed by atoms with Crippen molar-refractivity contribution >= 4 is 57.5 Å². The van der Waals surface area contributed by atoms with Gasteiger partial charge in [-0.3, -0.25) is 5.43 Å².